The summed E-state index contributed by atoms with van der Waals surface area (Å²) in [6.07, 6.45) is 0. The fourth-order valence-corrected chi connectivity index (χ4v) is 4.65. The summed E-state index contributed by atoms with van der Waals surface area (Å²) in [5.74, 6) is 0. The monoisotopic (exact) mass is 442 g/mol. The standard InChI is InChI=1S/C32H30N2/c1-23-9-7-11-27(21-23)33(3)26-17-15-25(16-18-26)29-19-20-32(31-14-6-5-13-30(29)31)34(4)28-12-8-10-24(2)22-28/h5-22H,1-4H3. The normalized spacial score (nSPS) is 10.9. The lowest BCUT2D eigenvalue weighted by Crippen LogP contribution is -2.10. The average Bonchev–Trinajstić information content (AvgIpc) is 2.87. The maximum absolute atomic E-state index is 2.28. The van der Waals surface area contributed by atoms with Gasteiger partial charge in [0.25, 0.3) is 0 Å². The molecule has 0 fully saturated rings. The second-order valence-corrected chi connectivity index (χ2v) is 9.02. The van der Waals surface area contributed by atoms with E-state index < -0.39 is 0 Å². The first-order chi connectivity index (χ1) is 16.5. The van der Waals surface area contributed by atoms with E-state index in [0.717, 1.165) is 0 Å². The first kappa shape index (κ1) is 21.8. The molecule has 0 aliphatic rings. The maximum atomic E-state index is 2.28. The summed E-state index contributed by atoms with van der Waals surface area (Å²) in [5.41, 5.74) is 9.78. The summed E-state index contributed by atoms with van der Waals surface area (Å²) in [4.78, 5) is 4.51. The fraction of sp³-hybridized carbons (Fsp3) is 0.125. The van der Waals surface area contributed by atoms with Crippen LogP contribution in [0.5, 0.6) is 0 Å². The first-order valence-corrected chi connectivity index (χ1v) is 11.7. The first-order valence-electron chi connectivity index (χ1n) is 11.7. The van der Waals surface area contributed by atoms with E-state index in [1.165, 1.54) is 55.8 Å². The van der Waals surface area contributed by atoms with Gasteiger partial charge in [-0.25, -0.2) is 0 Å². The minimum absolute atomic E-state index is 1.18. The van der Waals surface area contributed by atoms with Crippen molar-refractivity contribution in [2.45, 2.75) is 13.8 Å². The lowest BCUT2D eigenvalue weighted by molar-refractivity contribution is 1.20. The third kappa shape index (κ3) is 4.15. The minimum atomic E-state index is 1.18. The quantitative estimate of drug-likeness (QED) is 0.269. The molecule has 0 aromatic heterocycles. The van der Waals surface area contributed by atoms with Crippen LogP contribution in [0, 0.1) is 13.8 Å². The van der Waals surface area contributed by atoms with E-state index in [9.17, 15) is 0 Å². The Morgan fingerprint density at radius 3 is 1.68 bits per heavy atom. The largest absolute Gasteiger partial charge is 0.345 e. The van der Waals surface area contributed by atoms with Crippen molar-refractivity contribution in [2.24, 2.45) is 0 Å². The molecule has 0 bridgehead atoms. The zero-order valence-electron chi connectivity index (χ0n) is 20.3. The lowest BCUT2D eigenvalue weighted by Gasteiger charge is -2.23. The molecule has 34 heavy (non-hydrogen) atoms. The highest BCUT2D eigenvalue weighted by molar-refractivity contribution is 6.04. The second kappa shape index (κ2) is 9.07. The van der Waals surface area contributed by atoms with Crippen molar-refractivity contribution in [3.05, 3.63) is 120 Å². The molecule has 0 amide bonds. The van der Waals surface area contributed by atoms with Crippen LogP contribution in [0.3, 0.4) is 0 Å². The molecule has 0 heterocycles. The van der Waals surface area contributed by atoms with Gasteiger partial charge in [-0.3, -0.25) is 0 Å². The van der Waals surface area contributed by atoms with Crippen LogP contribution in [-0.4, -0.2) is 14.1 Å². The molecule has 0 atom stereocenters. The van der Waals surface area contributed by atoms with Gasteiger partial charge in [0.05, 0.1) is 0 Å². The summed E-state index contributed by atoms with van der Waals surface area (Å²) in [7, 11) is 4.27. The van der Waals surface area contributed by atoms with Gasteiger partial charge >= 0.3 is 0 Å². The van der Waals surface area contributed by atoms with E-state index in [1.54, 1.807) is 0 Å². The highest BCUT2D eigenvalue weighted by Gasteiger charge is 2.13. The molecule has 0 N–H and O–H groups in total. The zero-order valence-corrected chi connectivity index (χ0v) is 20.3. The van der Waals surface area contributed by atoms with E-state index in [4.69, 9.17) is 0 Å². The van der Waals surface area contributed by atoms with Crippen LogP contribution in [0.15, 0.2) is 109 Å². The number of benzene rings is 5. The van der Waals surface area contributed by atoms with Crippen molar-refractivity contribution in [1.29, 1.82) is 0 Å². The molecule has 0 aliphatic carbocycles. The molecule has 0 saturated heterocycles. The van der Waals surface area contributed by atoms with Gasteiger partial charge in [-0.15, -0.1) is 0 Å². The highest BCUT2D eigenvalue weighted by Crippen LogP contribution is 2.38. The third-order valence-electron chi connectivity index (χ3n) is 6.61. The third-order valence-corrected chi connectivity index (χ3v) is 6.61. The molecule has 2 nitrogen and oxygen atoms in total. The Balaban J connectivity index is 1.52. The molecule has 0 unspecified atom stereocenters. The van der Waals surface area contributed by atoms with Crippen LogP contribution >= 0.6 is 0 Å². The van der Waals surface area contributed by atoms with Crippen molar-refractivity contribution in [3.8, 4) is 11.1 Å². The zero-order chi connectivity index (χ0) is 23.7. The van der Waals surface area contributed by atoms with E-state index in [2.05, 4.69) is 147 Å². The average molecular weight is 443 g/mol. The second-order valence-electron chi connectivity index (χ2n) is 9.02. The van der Waals surface area contributed by atoms with Crippen LogP contribution in [0.1, 0.15) is 11.1 Å². The number of hydrogen-bond acceptors (Lipinski definition) is 2. The Kier molecular flexibility index (Phi) is 5.81. The van der Waals surface area contributed by atoms with Gasteiger partial charge < -0.3 is 9.80 Å². The fourth-order valence-electron chi connectivity index (χ4n) is 4.65. The van der Waals surface area contributed by atoms with Crippen LogP contribution in [0.2, 0.25) is 0 Å². The van der Waals surface area contributed by atoms with Crippen LogP contribution in [-0.2, 0) is 0 Å². The SMILES string of the molecule is Cc1cccc(N(C)c2ccc(-c3ccc(N(C)c4cccc(C)c4)c4ccccc34)cc2)c1. The van der Waals surface area contributed by atoms with E-state index >= 15 is 0 Å². The van der Waals surface area contributed by atoms with Gasteiger partial charge in [-0.1, -0.05) is 66.7 Å². The predicted octanol–water partition coefficient (Wildman–Crippen LogP) is 8.66. The number of hydrogen-bond donors (Lipinski definition) is 0. The summed E-state index contributed by atoms with van der Waals surface area (Å²) < 4.78 is 0. The molecule has 168 valence electrons. The molecular formula is C32H30N2. The Labute approximate surface area is 202 Å². The lowest BCUT2D eigenvalue weighted by atomic mass is 9.96. The molecule has 2 heteroatoms. The summed E-state index contributed by atoms with van der Waals surface area (Å²) in [6.45, 7) is 4.27. The molecule has 5 aromatic rings. The number of fused-ring (bicyclic) bond motifs is 1. The Morgan fingerprint density at radius 2 is 1.06 bits per heavy atom. The smallest absolute Gasteiger partial charge is 0.0488 e. The molecular weight excluding hydrogens is 412 g/mol. The number of nitrogens with zero attached hydrogens (tertiary/aromatic N) is 2. The topological polar surface area (TPSA) is 6.48 Å². The maximum Gasteiger partial charge on any atom is 0.0488 e. The number of anilines is 4. The Bertz CT molecular complexity index is 1450. The molecule has 0 radical (unpaired) electrons. The number of rotatable bonds is 5. The molecule has 5 aromatic carbocycles. The van der Waals surface area contributed by atoms with Crippen molar-refractivity contribution >= 4 is 33.5 Å². The Morgan fingerprint density at radius 1 is 0.471 bits per heavy atom. The van der Waals surface area contributed by atoms with Crippen molar-refractivity contribution in [3.63, 3.8) is 0 Å². The predicted molar refractivity (Wildman–Crippen MR) is 148 cm³/mol. The van der Waals surface area contributed by atoms with Crippen LogP contribution in [0.4, 0.5) is 22.7 Å². The van der Waals surface area contributed by atoms with E-state index in [-0.39, 0.29) is 0 Å². The Hall–Kier alpha value is -4.04. The van der Waals surface area contributed by atoms with E-state index in [1.807, 2.05) is 0 Å². The minimum Gasteiger partial charge on any atom is -0.345 e. The van der Waals surface area contributed by atoms with Gasteiger partial charge in [0.2, 0.25) is 0 Å². The van der Waals surface area contributed by atoms with Crippen LogP contribution < -0.4 is 9.80 Å². The van der Waals surface area contributed by atoms with Gasteiger partial charge in [-0.05, 0) is 84.0 Å². The van der Waals surface area contributed by atoms with Gasteiger partial charge in [0.15, 0.2) is 0 Å². The molecule has 0 aliphatic heterocycles. The van der Waals surface area contributed by atoms with Crippen LogP contribution in [0.25, 0.3) is 21.9 Å². The van der Waals surface area contributed by atoms with E-state index in [0.29, 0.717) is 0 Å². The molecule has 0 spiro atoms. The van der Waals surface area contributed by atoms with Crippen molar-refractivity contribution in [2.75, 3.05) is 23.9 Å². The summed E-state index contributed by atoms with van der Waals surface area (Å²) in [5, 5.41) is 2.52. The van der Waals surface area contributed by atoms with Gasteiger partial charge in [-0.2, -0.15) is 0 Å². The summed E-state index contributed by atoms with van der Waals surface area (Å²) >= 11 is 0. The van der Waals surface area contributed by atoms with Gasteiger partial charge in [0, 0.05) is 42.2 Å². The molecule has 0 saturated carbocycles. The highest BCUT2D eigenvalue weighted by atomic mass is 15.1. The van der Waals surface area contributed by atoms with Crippen molar-refractivity contribution in [1.82, 2.24) is 0 Å². The number of aryl methyl sites for hydroxylation is 2. The van der Waals surface area contributed by atoms with Crippen molar-refractivity contribution < 1.29 is 0 Å². The summed E-state index contributed by atoms with van der Waals surface area (Å²) in [6, 6.07) is 39.3. The van der Waals surface area contributed by atoms with Gasteiger partial charge in [0.1, 0.15) is 0 Å². The molecule has 5 rings (SSSR count).